The Morgan fingerprint density at radius 1 is 1.10 bits per heavy atom. The predicted octanol–water partition coefficient (Wildman–Crippen LogP) is 2.32. The maximum atomic E-state index is 12.4. The molecule has 2 N–H and O–H groups in total. The molecule has 1 aliphatic rings. The number of hydrogen-bond acceptors (Lipinski definition) is 7. The molecular weight excluding hydrogens is 416 g/mol. The number of ether oxygens (including phenoxy) is 2. The van der Waals surface area contributed by atoms with Gasteiger partial charge < -0.3 is 19.9 Å². The largest absolute Gasteiger partial charge is 0.467 e. The summed E-state index contributed by atoms with van der Waals surface area (Å²) in [5, 5.41) is 12.2. The number of carbonyl (C=O) groups is 2. The van der Waals surface area contributed by atoms with E-state index in [4.69, 9.17) is 4.74 Å². The molecule has 0 spiro atoms. The zero-order chi connectivity index (χ0) is 22.2. The van der Waals surface area contributed by atoms with E-state index in [-0.39, 0.29) is 0 Å². The van der Waals surface area contributed by atoms with Crippen LogP contribution in [0.3, 0.4) is 0 Å². The molecule has 3 rings (SSSR count). The topological polar surface area (TPSA) is 88.1 Å². The molecule has 0 radical (unpaired) electrons. The second-order valence-corrected chi connectivity index (χ2v) is 8.52. The summed E-state index contributed by atoms with van der Waals surface area (Å²) in [5.74, 6) is -1.13. The van der Waals surface area contributed by atoms with Gasteiger partial charge in [0.25, 0.3) is 5.91 Å². The number of nitrogens with one attached hydrogen (secondary N) is 1. The Morgan fingerprint density at radius 2 is 1.68 bits per heavy atom. The number of aliphatic hydroxyl groups excluding tert-OH is 1. The minimum Gasteiger partial charge on any atom is -0.467 e. The first-order valence-electron chi connectivity index (χ1n) is 10.2. The van der Waals surface area contributed by atoms with Crippen molar-refractivity contribution in [2.24, 2.45) is 0 Å². The lowest BCUT2D eigenvalue weighted by Gasteiger charge is -2.26. The summed E-state index contributed by atoms with van der Waals surface area (Å²) >= 11 is 1.61. The van der Waals surface area contributed by atoms with E-state index in [9.17, 15) is 14.7 Å². The van der Waals surface area contributed by atoms with Gasteiger partial charge in [0, 0.05) is 35.0 Å². The van der Waals surface area contributed by atoms with Crippen LogP contribution in [0.25, 0.3) is 0 Å². The number of aliphatic hydroxyl groups is 1. The highest BCUT2D eigenvalue weighted by atomic mass is 32.2. The Labute approximate surface area is 186 Å². The van der Waals surface area contributed by atoms with Crippen molar-refractivity contribution in [2.75, 3.05) is 33.4 Å². The Kier molecular flexibility index (Phi) is 8.48. The highest BCUT2D eigenvalue weighted by Gasteiger charge is 2.26. The Bertz CT molecular complexity index is 865. The quantitative estimate of drug-likeness (QED) is 0.604. The fourth-order valence-corrected chi connectivity index (χ4v) is 4.04. The van der Waals surface area contributed by atoms with E-state index in [1.165, 1.54) is 19.6 Å². The molecule has 0 aliphatic carbocycles. The number of esters is 1. The van der Waals surface area contributed by atoms with Gasteiger partial charge in [-0.15, -0.1) is 0 Å². The van der Waals surface area contributed by atoms with Crippen molar-refractivity contribution in [1.29, 1.82) is 0 Å². The minimum atomic E-state index is -1.11. The van der Waals surface area contributed by atoms with Gasteiger partial charge in [0.2, 0.25) is 0 Å². The number of rotatable bonds is 8. The Hall–Kier alpha value is -2.39. The monoisotopic (exact) mass is 444 g/mol. The maximum Gasteiger partial charge on any atom is 0.331 e. The second-order valence-electron chi connectivity index (χ2n) is 7.37. The molecule has 2 aromatic rings. The summed E-state index contributed by atoms with van der Waals surface area (Å²) in [6, 6.07) is 14.5. The van der Waals surface area contributed by atoms with Gasteiger partial charge in [-0.2, -0.15) is 0 Å². The van der Waals surface area contributed by atoms with Gasteiger partial charge in [-0.3, -0.25) is 9.69 Å². The van der Waals surface area contributed by atoms with Crippen LogP contribution in [0.2, 0.25) is 0 Å². The van der Waals surface area contributed by atoms with Crippen LogP contribution in [0, 0.1) is 0 Å². The van der Waals surface area contributed by atoms with E-state index in [2.05, 4.69) is 39.2 Å². The van der Waals surface area contributed by atoms with E-state index < -0.39 is 24.0 Å². The molecular formula is C23H28N2O5S. The Morgan fingerprint density at radius 3 is 2.23 bits per heavy atom. The molecule has 0 aromatic heterocycles. The number of amides is 1. The number of carbonyl (C=O) groups excluding carboxylic acids is 2. The van der Waals surface area contributed by atoms with Crippen molar-refractivity contribution < 1.29 is 24.2 Å². The fourth-order valence-electron chi connectivity index (χ4n) is 3.22. The van der Waals surface area contributed by atoms with Crippen molar-refractivity contribution in [2.45, 2.75) is 35.4 Å². The fraction of sp³-hybridized carbons (Fsp3) is 0.391. The van der Waals surface area contributed by atoms with E-state index in [1.54, 1.807) is 23.9 Å². The lowest BCUT2D eigenvalue weighted by atomic mass is 10.1. The summed E-state index contributed by atoms with van der Waals surface area (Å²) in [6.07, 6.45) is -1.06. The van der Waals surface area contributed by atoms with Crippen molar-refractivity contribution in [1.82, 2.24) is 10.2 Å². The molecule has 8 heteroatoms. The van der Waals surface area contributed by atoms with Gasteiger partial charge in [0.15, 0.2) is 6.04 Å². The number of methoxy groups -OCH3 is 1. The predicted molar refractivity (Wildman–Crippen MR) is 118 cm³/mol. The van der Waals surface area contributed by atoms with Crippen LogP contribution in [0.5, 0.6) is 0 Å². The van der Waals surface area contributed by atoms with Gasteiger partial charge in [-0.1, -0.05) is 23.9 Å². The lowest BCUT2D eigenvalue weighted by Crippen LogP contribution is -2.48. The van der Waals surface area contributed by atoms with Gasteiger partial charge >= 0.3 is 5.97 Å². The molecule has 1 amide bonds. The third-order valence-electron chi connectivity index (χ3n) is 5.01. The van der Waals surface area contributed by atoms with Crippen LogP contribution >= 0.6 is 11.8 Å². The Balaban J connectivity index is 1.56. The molecule has 166 valence electrons. The molecule has 0 saturated carbocycles. The van der Waals surface area contributed by atoms with Gasteiger partial charge in [0.05, 0.1) is 26.4 Å². The summed E-state index contributed by atoms with van der Waals surface area (Å²) in [5.41, 5.74) is 1.68. The van der Waals surface area contributed by atoms with Crippen LogP contribution in [-0.2, 0) is 20.8 Å². The number of nitrogens with zero attached hydrogens (tertiary/aromatic N) is 1. The third kappa shape index (κ3) is 6.80. The summed E-state index contributed by atoms with van der Waals surface area (Å²) < 4.78 is 10.0. The van der Waals surface area contributed by atoms with Crippen LogP contribution in [0.1, 0.15) is 22.8 Å². The second kappa shape index (κ2) is 11.3. The van der Waals surface area contributed by atoms with Crippen molar-refractivity contribution in [3.8, 4) is 0 Å². The van der Waals surface area contributed by atoms with Gasteiger partial charge in [-0.25, -0.2) is 4.79 Å². The third-order valence-corrected chi connectivity index (χ3v) is 6.03. The van der Waals surface area contributed by atoms with Gasteiger partial charge in [0.1, 0.15) is 0 Å². The lowest BCUT2D eigenvalue weighted by molar-refractivity contribution is -0.145. The zero-order valence-corrected chi connectivity index (χ0v) is 18.6. The van der Waals surface area contributed by atoms with Crippen molar-refractivity contribution in [3.05, 3.63) is 59.7 Å². The number of hydrogen-bond donors (Lipinski definition) is 2. The molecule has 2 aromatic carbocycles. The average molecular weight is 445 g/mol. The maximum absolute atomic E-state index is 12.4. The standard InChI is InChI=1S/C23H28N2O5S/c1-16(26)21(23(28)29-2)24-22(27)18-5-9-20(10-6-18)31-19-7-3-17(4-8-19)15-25-11-13-30-14-12-25/h3-10,16,21,26H,11-15H2,1-2H3,(H,24,27)/t16-,21+/m1/s1. The normalized spacial score (nSPS) is 16.4. The molecule has 2 atom stereocenters. The highest BCUT2D eigenvalue weighted by Crippen LogP contribution is 2.28. The number of benzene rings is 2. The van der Waals surface area contributed by atoms with Crippen LogP contribution in [0.4, 0.5) is 0 Å². The first-order valence-corrected chi connectivity index (χ1v) is 11.0. The number of morpholine rings is 1. The summed E-state index contributed by atoms with van der Waals surface area (Å²) in [7, 11) is 1.21. The molecule has 31 heavy (non-hydrogen) atoms. The van der Waals surface area contributed by atoms with E-state index in [0.29, 0.717) is 5.56 Å². The molecule has 1 heterocycles. The highest BCUT2D eigenvalue weighted by molar-refractivity contribution is 7.99. The SMILES string of the molecule is COC(=O)[C@@H](NC(=O)c1ccc(Sc2ccc(CN3CCOCC3)cc2)cc1)[C@@H](C)O. The van der Waals surface area contributed by atoms with Crippen LogP contribution in [0.15, 0.2) is 58.3 Å². The van der Waals surface area contributed by atoms with Crippen LogP contribution in [-0.4, -0.2) is 67.4 Å². The molecule has 1 aliphatic heterocycles. The van der Waals surface area contributed by atoms with Crippen molar-refractivity contribution in [3.63, 3.8) is 0 Å². The summed E-state index contributed by atoms with van der Waals surface area (Å²) in [4.78, 5) is 28.6. The zero-order valence-electron chi connectivity index (χ0n) is 17.7. The molecule has 1 saturated heterocycles. The van der Waals surface area contributed by atoms with Gasteiger partial charge in [-0.05, 0) is 48.9 Å². The van der Waals surface area contributed by atoms with E-state index in [0.717, 1.165) is 42.6 Å². The molecule has 0 unspecified atom stereocenters. The van der Waals surface area contributed by atoms with E-state index in [1.807, 2.05) is 12.1 Å². The van der Waals surface area contributed by atoms with E-state index >= 15 is 0 Å². The summed E-state index contributed by atoms with van der Waals surface area (Å²) in [6.45, 7) is 5.88. The smallest absolute Gasteiger partial charge is 0.331 e. The average Bonchev–Trinajstić information content (AvgIpc) is 2.79. The van der Waals surface area contributed by atoms with Crippen LogP contribution < -0.4 is 5.32 Å². The molecule has 0 bridgehead atoms. The first-order chi connectivity index (χ1) is 15.0. The van der Waals surface area contributed by atoms with Crippen molar-refractivity contribution >= 4 is 23.6 Å². The first kappa shape index (κ1) is 23.3. The minimum absolute atomic E-state index is 0.403. The molecule has 7 nitrogen and oxygen atoms in total. The molecule has 1 fully saturated rings.